The Morgan fingerprint density at radius 1 is 0.274 bits per heavy atom. The Kier molecular flexibility index (Phi) is 7.57. The average molecular weight is 789 g/mol. The predicted octanol–water partition coefficient (Wildman–Crippen LogP) is 15.1. The van der Waals surface area contributed by atoms with E-state index in [0.29, 0.717) is 5.95 Å². The summed E-state index contributed by atoms with van der Waals surface area (Å²) in [5, 5.41) is 11.9. The van der Waals surface area contributed by atoms with Crippen molar-refractivity contribution >= 4 is 75.9 Å². The zero-order valence-electron chi connectivity index (χ0n) is 33.6. The monoisotopic (exact) mass is 788 g/mol. The number of fused-ring (bicyclic) bond motifs is 9. The Hall–Kier alpha value is -8.34. The fourth-order valence-electron chi connectivity index (χ4n) is 9.89. The van der Waals surface area contributed by atoms with Gasteiger partial charge in [0.15, 0.2) is 0 Å². The van der Waals surface area contributed by atoms with Gasteiger partial charge in [-0.2, -0.15) is 0 Å². The highest BCUT2D eigenvalue weighted by molar-refractivity contribution is 6.13. The molecule has 62 heavy (non-hydrogen) atoms. The quantitative estimate of drug-likeness (QED) is 0.174. The SMILES string of the molecule is c1ccc2c(-c3cc(-c4cccc5ccccc45)nc(-n4c5ccccc5c5cc(-c6ccc7c(c6)c6ccccc6n7-c6cccc7ccccc67)ccc54)n3)cccc2c1. The molecule has 0 spiro atoms. The second kappa shape index (κ2) is 13.6. The lowest BCUT2D eigenvalue weighted by Crippen LogP contribution is -2.04. The summed E-state index contributed by atoms with van der Waals surface area (Å²) in [6, 6.07) is 78.6. The van der Waals surface area contributed by atoms with Crippen molar-refractivity contribution in [3.63, 3.8) is 0 Å². The zero-order valence-corrected chi connectivity index (χ0v) is 33.6. The van der Waals surface area contributed by atoms with Crippen LogP contribution in [0.25, 0.3) is 121 Å². The molecule has 0 aliphatic carbocycles. The molecule has 13 rings (SSSR count). The van der Waals surface area contributed by atoms with E-state index in [1.807, 2.05) is 0 Å². The normalized spacial score (nSPS) is 11.9. The van der Waals surface area contributed by atoms with Crippen LogP contribution in [0.1, 0.15) is 0 Å². The van der Waals surface area contributed by atoms with E-state index in [0.717, 1.165) is 60.7 Å². The van der Waals surface area contributed by atoms with Gasteiger partial charge in [-0.05, 0) is 86.6 Å². The van der Waals surface area contributed by atoms with Crippen LogP contribution in [0.4, 0.5) is 0 Å². The Morgan fingerprint density at radius 2 is 0.677 bits per heavy atom. The largest absolute Gasteiger partial charge is 0.309 e. The van der Waals surface area contributed by atoms with E-state index in [2.05, 4.69) is 228 Å². The molecule has 0 radical (unpaired) electrons. The van der Waals surface area contributed by atoms with Gasteiger partial charge in [0.25, 0.3) is 0 Å². The zero-order chi connectivity index (χ0) is 40.7. The van der Waals surface area contributed by atoms with Crippen molar-refractivity contribution in [1.82, 2.24) is 19.1 Å². The van der Waals surface area contributed by atoms with Crippen LogP contribution in [0.2, 0.25) is 0 Å². The molecule has 4 heteroatoms. The number of aromatic nitrogens is 4. The Balaban J connectivity index is 1.02. The molecule has 288 valence electrons. The first-order valence-electron chi connectivity index (χ1n) is 21.2. The van der Waals surface area contributed by atoms with Gasteiger partial charge in [0, 0.05) is 38.1 Å². The first-order chi connectivity index (χ1) is 30.7. The van der Waals surface area contributed by atoms with E-state index in [-0.39, 0.29) is 0 Å². The van der Waals surface area contributed by atoms with E-state index in [4.69, 9.17) is 9.97 Å². The fraction of sp³-hybridized carbons (Fsp3) is 0. The fourth-order valence-corrected chi connectivity index (χ4v) is 9.89. The van der Waals surface area contributed by atoms with Gasteiger partial charge in [-0.1, -0.05) is 170 Å². The van der Waals surface area contributed by atoms with Crippen molar-refractivity contribution in [3.05, 3.63) is 218 Å². The number of para-hydroxylation sites is 2. The lowest BCUT2D eigenvalue weighted by Gasteiger charge is -2.14. The van der Waals surface area contributed by atoms with Gasteiger partial charge in [0.2, 0.25) is 5.95 Å². The summed E-state index contributed by atoms with van der Waals surface area (Å²) in [7, 11) is 0. The number of nitrogens with zero attached hydrogens (tertiary/aromatic N) is 4. The van der Waals surface area contributed by atoms with Crippen LogP contribution < -0.4 is 0 Å². The molecule has 0 unspecified atom stereocenters. The first kappa shape index (κ1) is 34.5. The summed E-state index contributed by atoms with van der Waals surface area (Å²) in [4.78, 5) is 10.9. The van der Waals surface area contributed by atoms with Gasteiger partial charge < -0.3 is 4.57 Å². The second-order valence-electron chi connectivity index (χ2n) is 16.2. The number of hydrogen-bond donors (Lipinski definition) is 0. The number of benzene rings is 10. The molecule has 0 aliphatic heterocycles. The summed E-state index contributed by atoms with van der Waals surface area (Å²) in [5.41, 5.74) is 11.9. The summed E-state index contributed by atoms with van der Waals surface area (Å²) in [6.45, 7) is 0. The Labute approximate surface area is 357 Å². The molecule has 0 saturated carbocycles. The smallest absolute Gasteiger partial charge is 0.235 e. The summed E-state index contributed by atoms with van der Waals surface area (Å²) in [6.07, 6.45) is 0. The summed E-state index contributed by atoms with van der Waals surface area (Å²) < 4.78 is 4.67. The van der Waals surface area contributed by atoms with Crippen LogP contribution in [-0.2, 0) is 0 Å². The molecule has 0 atom stereocenters. The number of hydrogen-bond acceptors (Lipinski definition) is 2. The highest BCUT2D eigenvalue weighted by atomic mass is 15.2. The highest BCUT2D eigenvalue weighted by Crippen LogP contribution is 2.40. The second-order valence-corrected chi connectivity index (χ2v) is 16.2. The van der Waals surface area contributed by atoms with Crippen LogP contribution in [0.5, 0.6) is 0 Å². The van der Waals surface area contributed by atoms with Crippen LogP contribution in [0, 0.1) is 0 Å². The topological polar surface area (TPSA) is 35.6 Å². The van der Waals surface area contributed by atoms with Gasteiger partial charge in [0.05, 0.1) is 39.1 Å². The summed E-state index contributed by atoms with van der Waals surface area (Å²) >= 11 is 0. The molecular weight excluding hydrogens is 753 g/mol. The minimum absolute atomic E-state index is 0.639. The van der Waals surface area contributed by atoms with Crippen molar-refractivity contribution in [2.24, 2.45) is 0 Å². The first-order valence-corrected chi connectivity index (χ1v) is 21.2. The molecule has 13 aromatic rings. The van der Waals surface area contributed by atoms with Crippen molar-refractivity contribution in [3.8, 4) is 45.3 Å². The van der Waals surface area contributed by atoms with Crippen LogP contribution >= 0.6 is 0 Å². The van der Waals surface area contributed by atoms with Crippen molar-refractivity contribution < 1.29 is 0 Å². The van der Waals surface area contributed by atoms with Gasteiger partial charge in [-0.3, -0.25) is 4.57 Å². The highest BCUT2D eigenvalue weighted by Gasteiger charge is 2.20. The van der Waals surface area contributed by atoms with E-state index < -0.39 is 0 Å². The minimum Gasteiger partial charge on any atom is -0.309 e. The average Bonchev–Trinajstić information content (AvgIpc) is 3.85. The maximum atomic E-state index is 5.44. The third-order valence-electron chi connectivity index (χ3n) is 12.7. The molecule has 0 N–H and O–H groups in total. The van der Waals surface area contributed by atoms with E-state index in [1.165, 1.54) is 54.6 Å². The Bertz CT molecular complexity index is 3830. The van der Waals surface area contributed by atoms with Crippen molar-refractivity contribution in [2.75, 3.05) is 0 Å². The van der Waals surface area contributed by atoms with Crippen LogP contribution in [0.3, 0.4) is 0 Å². The standard InChI is InChI=1S/C58H36N4/c1-4-20-42-37(14-1)17-11-25-45(42)51-36-52(46-26-12-18-38-15-2-5-21-43(38)46)60-58(59-51)62-55-28-10-8-24-48(55)50-35-41(31-33-57(50)62)40-30-32-56-49(34-40)47-23-7-9-27-54(47)61(56)53-29-13-19-39-16-3-6-22-44(39)53/h1-36H. The molecule has 3 heterocycles. The van der Waals surface area contributed by atoms with Crippen molar-refractivity contribution in [1.29, 1.82) is 0 Å². The van der Waals surface area contributed by atoms with Gasteiger partial charge in [0.1, 0.15) is 0 Å². The third kappa shape index (κ3) is 5.27. The molecule has 0 fully saturated rings. The van der Waals surface area contributed by atoms with E-state index >= 15 is 0 Å². The van der Waals surface area contributed by atoms with Gasteiger partial charge in [-0.15, -0.1) is 0 Å². The number of rotatable bonds is 5. The molecule has 0 bridgehead atoms. The Morgan fingerprint density at radius 3 is 1.24 bits per heavy atom. The lowest BCUT2D eigenvalue weighted by atomic mass is 9.99. The third-order valence-corrected chi connectivity index (χ3v) is 12.7. The molecule has 3 aromatic heterocycles. The van der Waals surface area contributed by atoms with Gasteiger partial charge in [-0.25, -0.2) is 9.97 Å². The van der Waals surface area contributed by atoms with Gasteiger partial charge >= 0.3 is 0 Å². The molecular formula is C58H36N4. The van der Waals surface area contributed by atoms with Crippen LogP contribution in [-0.4, -0.2) is 19.1 Å². The molecule has 0 aliphatic rings. The predicted molar refractivity (Wildman–Crippen MR) is 260 cm³/mol. The lowest BCUT2D eigenvalue weighted by molar-refractivity contribution is 0.997. The molecule has 0 saturated heterocycles. The maximum absolute atomic E-state index is 5.44. The van der Waals surface area contributed by atoms with Crippen molar-refractivity contribution in [2.45, 2.75) is 0 Å². The molecule has 0 amide bonds. The van der Waals surface area contributed by atoms with E-state index in [1.54, 1.807) is 0 Å². The maximum Gasteiger partial charge on any atom is 0.235 e. The van der Waals surface area contributed by atoms with E-state index in [9.17, 15) is 0 Å². The summed E-state index contributed by atoms with van der Waals surface area (Å²) in [5.74, 6) is 0.639. The minimum atomic E-state index is 0.639. The van der Waals surface area contributed by atoms with Crippen LogP contribution in [0.15, 0.2) is 218 Å². The molecule has 4 nitrogen and oxygen atoms in total. The molecule has 10 aromatic carbocycles.